The van der Waals surface area contributed by atoms with E-state index in [2.05, 4.69) is 53.4 Å². The Balaban J connectivity index is 1.97. The molecule has 2 rings (SSSR count). The lowest BCUT2D eigenvalue weighted by atomic mass is 9.95. The number of hydrogen-bond acceptors (Lipinski definition) is 4. The van der Waals surface area contributed by atoms with Gasteiger partial charge in [-0.1, -0.05) is 30.3 Å². The lowest BCUT2D eigenvalue weighted by Gasteiger charge is -2.27. The number of hydrogen-bond donors (Lipinski definition) is 2. The van der Waals surface area contributed by atoms with Crippen molar-refractivity contribution in [2.45, 2.75) is 32.2 Å². The molecular weight excluding hydrogens is 236 g/mol. The molecule has 19 heavy (non-hydrogen) atoms. The molecule has 0 aliphatic heterocycles. The highest BCUT2D eigenvalue weighted by Crippen LogP contribution is 2.22. The van der Waals surface area contributed by atoms with Gasteiger partial charge >= 0.3 is 0 Å². The zero-order valence-corrected chi connectivity index (χ0v) is 11.4. The minimum absolute atomic E-state index is 0.0711. The fourth-order valence-corrected chi connectivity index (χ4v) is 1.93. The van der Waals surface area contributed by atoms with Crippen molar-refractivity contribution in [1.82, 2.24) is 9.97 Å². The molecule has 2 aromatic rings. The van der Waals surface area contributed by atoms with E-state index < -0.39 is 0 Å². The quantitative estimate of drug-likeness (QED) is 0.863. The predicted octanol–water partition coefficient (Wildman–Crippen LogP) is 2.88. The highest BCUT2D eigenvalue weighted by atomic mass is 15.1. The SMILES string of the molecule is CC(C)(CCc1ccccc1)Nc1ncncc1N. The van der Waals surface area contributed by atoms with Crippen molar-refractivity contribution in [3.8, 4) is 0 Å². The van der Waals surface area contributed by atoms with E-state index in [9.17, 15) is 0 Å². The van der Waals surface area contributed by atoms with Crippen LogP contribution in [0.25, 0.3) is 0 Å². The van der Waals surface area contributed by atoms with Crippen LogP contribution in [0.3, 0.4) is 0 Å². The normalized spacial score (nSPS) is 11.3. The molecule has 100 valence electrons. The molecule has 1 aromatic heterocycles. The molecule has 0 amide bonds. The van der Waals surface area contributed by atoms with Gasteiger partial charge in [0.05, 0.1) is 11.9 Å². The molecule has 0 aliphatic carbocycles. The fraction of sp³-hybridized carbons (Fsp3) is 0.333. The Morgan fingerprint density at radius 2 is 1.95 bits per heavy atom. The Hall–Kier alpha value is -2.10. The van der Waals surface area contributed by atoms with Crippen LogP contribution in [0.4, 0.5) is 11.5 Å². The summed E-state index contributed by atoms with van der Waals surface area (Å²) >= 11 is 0. The van der Waals surface area contributed by atoms with Gasteiger partial charge in [0.15, 0.2) is 5.82 Å². The van der Waals surface area contributed by atoms with Crippen LogP contribution in [0.2, 0.25) is 0 Å². The van der Waals surface area contributed by atoms with E-state index in [1.54, 1.807) is 6.20 Å². The summed E-state index contributed by atoms with van der Waals surface area (Å²) in [7, 11) is 0. The molecule has 4 nitrogen and oxygen atoms in total. The van der Waals surface area contributed by atoms with Crippen molar-refractivity contribution in [2.75, 3.05) is 11.1 Å². The van der Waals surface area contributed by atoms with Gasteiger partial charge in [0.1, 0.15) is 6.33 Å². The van der Waals surface area contributed by atoms with E-state index in [1.165, 1.54) is 11.9 Å². The monoisotopic (exact) mass is 256 g/mol. The topological polar surface area (TPSA) is 63.8 Å². The lowest BCUT2D eigenvalue weighted by molar-refractivity contribution is 0.516. The summed E-state index contributed by atoms with van der Waals surface area (Å²) in [6, 6.07) is 10.5. The van der Waals surface area contributed by atoms with Gasteiger partial charge in [-0.3, -0.25) is 0 Å². The number of rotatable bonds is 5. The Morgan fingerprint density at radius 1 is 1.21 bits per heavy atom. The first-order chi connectivity index (χ1) is 9.07. The van der Waals surface area contributed by atoms with Gasteiger partial charge in [-0.15, -0.1) is 0 Å². The van der Waals surface area contributed by atoms with E-state index in [0.29, 0.717) is 11.5 Å². The predicted molar refractivity (Wildman–Crippen MR) is 78.9 cm³/mol. The summed E-state index contributed by atoms with van der Waals surface area (Å²) in [4.78, 5) is 8.06. The maximum Gasteiger partial charge on any atom is 0.153 e. The van der Waals surface area contributed by atoms with Gasteiger partial charge in [0.25, 0.3) is 0 Å². The minimum Gasteiger partial charge on any atom is -0.394 e. The molecule has 0 bridgehead atoms. The first kappa shape index (κ1) is 13.3. The highest BCUT2D eigenvalue weighted by molar-refractivity contribution is 5.60. The highest BCUT2D eigenvalue weighted by Gasteiger charge is 2.18. The summed E-state index contributed by atoms with van der Waals surface area (Å²) in [6.07, 6.45) is 5.14. The molecule has 1 heterocycles. The first-order valence-corrected chi connectivity index (χ1v) is 6.44. The maximum absolute atomic E-state index is 5.85. The Kier molecular flexibility index (Phi) is 4.00. The molecular formula is C15H20N4. The Bertz CT molecular complexity index is 523. The number of anilines is 2. The van der Waals surface area contributed by atoms with Gasteiger partial charge in [0.2, 0.25) is 0 Å². The second kappa shape index (κ2) is 5.69. The average Bonchev–Trinajstić information content (AvgIpc) is 2.40. The summed E-state index contributed by atoms with van der Waals surface area (Å²) in [5.74, 6) is 0.702. The molecule has 0 radical (unpaired) electrons. The summed E-state index contributed by atoms with van der Waals surface area (Å²) in [5.41, 5.74) is 7.70. The number of benzene rings is 1. The molecule has 0 saturated heterocycles. The van der Waals surface area contributed by atoms with Crippen molar-refractivity contribution in [2.24, 2.45) is 0 Å². The third kappa shape index (κ3) is 3.95. The molecule has 0 atom stereocenters. The number of nitrogen functional groups attached to an aromatic ring is 1. The minimum atomic E-state index is -0.0711. The van der Waals surface area contributed by atoms with Crippen molar-refractivity contribution in [3.05, 3.63) is 48.4 Å². The number of aromatic nitrogens is 2. The molecule has 0 fully saturated rings. The van der Waals surface area contributed by atoms with Gasteiger partial charge in [-0.25, -0.2) is 9.97 Å². The van der Waals surface area contributed by atoms with Crippen molar-refractivity contribution < 1.29 is 0 Å². The van der Waals surface area contributed by atoms with Crippen molar-refractivity contribution in [3.63, 3.8) is 0 Å². The summed E-state index contributed by atoms with van der Waals surface area (Å²) < 4.78 is 0. The Labute approximate surface area is 114 Å². The zero-order chi connectivity index (χ0) is 13.7. The van der Waals surface area contributed by atoms with Gasteiger partial charge < -0.3 is 11.1 Å². The molecule has 4 heteroatoms. The van der Waals surface area contributed by atoms with Crippen LogP contribution in [0.1, 0.15) is 25.8 Å². The molecule has 0 aliphatic rings. The van der Waals surface area contributed by atoms with Crippen LogP contribution in [-0.2, 0) is 6.42 Å². The first-order valence-electron chi connectivity index (χ1n) is 6.44. The molecule has 0 saturated carbocycles. The van der Waals surface area contributed by atoms with Gasteiger partial charge in [-0.05, 0) is 32.3 Å². The number of nitrogens with two attached hydrogens (primary N) is 1. The molecule has 3 N–H and O–H groups in total. The van der Waals surface area contributed by atoms with Crippen LogP contribution in [-0.4, -0.2) is 15.5 Å². The van der Waals surface area contributed by atoms with E-state index in [-0.39, 0.29) is 5.54 Å². The fourth-order valence-electron chi connectivity index (χ4n) is 1.93. The number of nitrogens with zero attached hydrogens (tertiary/aromatic N) is 2. The van der Waals surface area contributed by atoms with Crippen molar-refractivity contribution >= 4 is 11.5 Å². The smallest absolute Gasteiger partial charge is 0.153 e. The van der Waals surface area contributed by atoms with E-state index >= 15 is 0 Å². The maximum atomic E-state index is 5.85. The average molecular weight is 256 g/mol. The standard InChI is InChI=1S/C15H20N4/c1-15(2,9-8-12-6-4-3-5-7-12)19-14-13(16)10-17-11-18-14/h3-7,10-11H,8-9,16H2,1-2H3,(H,17,18,19). The molecule has 1 aromatic carbocycles. The molecule has 0 spiro atoms. The second-order valence-electron chi connectivity index (χ2n) is 5.32. The lowest BCUT2D eigenvalue weighted by Crippen LogP contribution is -2.32. The van der Waals surface area contributed by atoms with Crippen LogP contribution in [0, 0.1) is 0 Å². The van der Waals surface area contributed by atoms with E-state index in [0.717, 1.165) is 12.8 Å². The zero-order valence-electron chi connectivity index (χ0n) is 11.4. The van der Waals surface area contributed by atoms with Gasteiger partial charge in [-0.2, -0.15) is 0 Å². The van der Waals surface area contributed by atoms with Crippen LogP contribution in [0.15, 0.2) is 42.9 Å². The van der Waals surface area contributed by atoms with Crippen LogP contribution < -0.4 is 11.1 Å². The van der Waals surface area contributed by atoms with Crippen molar-refractivity contribution in [1.29, 1.82) is 0 Å². The van der Waals surface area contributed by atoms with E-state index in [1.807, 2.05) is 6.07 Å². The van der Waals surface area contributed by atoms with Crippen LogP contribution >= 0.6 is 0 Å². The third-order valence-corrected chi connectivity index (χ3v) is 3.08. The summed E-state index contributed by atoms with van der Waals surface area (Å²) in [6.45, 7) is 4.30. The largest absolute Gasteiger partial charge is 0.394 e. The Morgan fingerprint density at radius 3 is 2.63 bits per heavy atom. The number of nitrogens with one attached hydrogen (secondary N) is 1. The number of aryl methyl sites for hydroxylation is 1. The van der Waals surface area contributed by atoms with Gasteiger partial charge in [0, 0.05) is 5.54 Å². The molecule has 0 unspecified atom stereocenters. The van der Waals surface area contributed by atoms with E-state index in [4.69, 9.17) is 5.73 Å². The third-order valence-electron chi connectivity index (χ3n) is 3.08. The second-order valence-corrected chi connectivity index (χ2v) is 5.32. The summed E-state index contributed by atoms with van der Waals surface area (Å²) in [5, 5.41) is 3.38. The van der Waals surface area contributed by atoms with Crippen LogP contribution in [0.5, 0.6) is 0 Å².